The standard InChI is InChI=1S/C46H42F2N4O10S5/c1-45(2)27-12-15-63-42(27)23-16-25-32(20-30(23)50(45)5)62-33-21-31-24(43-28(46(3,4)51(31)6)18-38(65-43)66(56,57)58)17-26(33)39(25)40-41(48)34(19-29(47)44(40)67(59,60)61)64-22-35(53)49-13-8-7-9-14-52-36(54)10-11-37(52)55/h10-12,15-21H,7-9,13-14,22H2,1-6H3,(H2-,49,53,56,57,58,59,60,61). The van der Waals surface area contributed by atoms with Gasteiger partial charge in [-0.25, -0.2) is 21.8 Å². The Kier molecular flexibility index (Phi) is 11.5. The fourth-order valence-electron chi connectivity index (χ4n) is 9.07. The molecule has 21 heteroatoms. The molecule has 0 aliphatic carbocycles. The van der Waals surface area contributed by atoms with Crippen LogP contribution in [-0.2, 0) is 45.7 Å². The third-order valence-electron chi connectivity index (χ3n) is 13.1. The van der Waals surface area contributed by atoms with Crippen molar-refractivity contribution in [3.05, 3.63) is 104 Å². The van der Waals surface area contributed by atoms with Gasteiger partial charge in [0.1, 0.15) is 49.4 Å². The number of unbranched alkanes of at least 4 members (excludes halogenated alkanes) is 2. The van der Waals surface area contributed by atoms with Crippen LogP contribution in [0.15, 0.2) is 74.0 Å². The van der Waals surface area contributed by atoms with Gasteiger partial charge in [0.2, 0.25) is 11.3 Å². The highest BCUT2D eigenvalue weighted by Gasteiger charge is 2.43. The van der Waals surface area contributed by atoms with Gasteiger partial charge in [-0.3, -0.25) is 23.8 Å². The fraction of sp³-hybridized carbons (Fsp3) is 0.304. The molecule has 0 saturated carbocycles. The maximum atomic E-state index is 17.7. The minimum absolute atomic E-state index is 0.0563. The quantitative estimate of drug-likeness (QED) is 0.0459. The molecule has 3 amide bonds. The number of hydrogen-bond acceptors (Lipinski definition) is 13. The third-order valence-corrected chi connectivity index (χ3v) is 18.4. The van der Waals surface area contributed by atoms with Crippen LogP contribution >= 0.6 is 34.4 Å². The van der Waals surface area contributed by atoms with Crippen LogP contribution < -0.4 is 30.1 Å². The molecule has 350 valence electrons. The predicted molar refractivity (Wildman–Crippen MR) is 250 cm³/mol. The van der Waals surface area contributed by atoms with Crippen LogP contribution in [0.5, 0.6) is 11.5 Å². The van der Waals surface area contributed by atoms with Crippen molar-refractivity contribution in [3.63, 3.8) is 0 Å². The number of rotatable bonds is 12. The summed E-state index contributed by atoms with van der Waals surface area (Å²) in [6.07, 6.45) is 3.98. The highest BCUT2D eigenvalue weighted by atomic mass is 32.3. The number of amides is 3. The Hall–Kier alpha value is -5.29. The minimum atomic E-state index is -5.77. The van der Waals surface area contributed by atoms with E-state index in [2.05, 4.69) is 24.1 Å². The molecule has 5 aromatic rings. The Labute approximate surface area is 396 Å². The maximum absolute atomic E-state index is 17.7. The van der Waals surface area contributed by atoms with Crippen molar-refractivity contribution in [2.24, 2.45) is 0 Å². The molecule has 0 radical (unpaired) electrons. The van der Waals surface area contributed by atoms with Gasteiger partial charge in [-0.1, -0.05) is 0 Å². The fourth-order valence-corrected chi connectivity index (χ4v) is 13.7. The second kappa shape index (κ2) is 16.4. The number of thioether (sulfide) groups is 1. The summed E-state index contributed by atoms with van der Waals surface area (Å²) in [4.78, 5) is 39.3. The lowest BCUT2D eigenvalue weighted by atomic mass is 9.83. The lowest BCUT2D eigenvalue weighted by Crippen LogP contribution is -2.46. The number of nitrogens with one attached hydrogen (secondary N) is 1. The number of fused-ring (bicyclic) bond motifs is 8. The topological polar surface area (TPSA) is 194 Å². The Bertz CT molecular complexity index is 3420. The van der Waals surface area contributed by atoms with Gasteiger partial charge in [0.05, 0.1) is 27.8 Å². The van der Waals surface area contributed by atoms with Gasteiger partial charge in [0, 0.05) is 101 Å². The molecule has 0 bridgehead atoms. The van der Waals surface area contributed by atoms with E-state index in [4.69, 9.17) is 4.74 Å². The molecular weight excluding hydrogens is 967 g/mol. The molecule has 2 aromatic heterocycles. The van der Waals surface area contributed by atoms with Crippen LogP contribution in [-0.4, -0.2) is 81.5 Å². The smallest absolute Gasteiger partial charge is 0.304 e. The summed E-state index contributed by atoms with van der Waals surface area (Å²) >= 11 is 2.87. The van der Waals surface area contributed by atoms with Gasteiger partial charge in [-0.05, 0) is 74.4 Å². The number of nitrogens with zero attached hydrogens (tertiary/aromatic N) is 3. The van der Waals surface area contributed by atoms with Crippen LogP contribution in [0.3, 0.4) is 0 Å². The zero-order valence-electron chi connectivity index (χ0n) is 36.8. The Morgan fingerprint density at radius 2 is 1.64 bits per heavy atom. The molecule has 0 unspecified atom stereocenters. The monoisotopic (exact) mass is 1010 g/mol. The molecule has 0 atom stereocenters. The number of halogens is 2. The number of carbonyl (C=O) groups excluding carboxylic acids is 3. The molecule has 67 heavy (non-hydrogen) atoms. The normalized spacial score (nSPS) is 16.6. The second-order valence-corrected chi connectivity index (χ2v) is 23.5. The average Bonchev–Trinajstić information content (AvgIpc) is 4.02. The van der Waals surface area contributed by atoms with E-state index in [1.165, 1.54) is 29.6 Å². The van der Waals surface area contributed by atoms with Gasteiger partial charge < -0.3 is 19.5 Å². The number of anilines is 1. The van der Waals surface area contributed by atoms with Crippen molar-refractivity contribution in [2.45, 2.75) is 72.0 Å². The Balaban J connectivity index is 1.20. The first-order chi connectivity index (χ1) is 31.4. The first-order valence-corrected chi connectivity index (χ1v) is 26.4. The summed E-state index contributed by atoms with van der Waals surface area (Å²) in [6.45, 7) is 8.27. The van der Waals surface area contributed by atoms with Crippen molar-refractivity contribution in [2.75, 3.05) is 37.8 Å². The van der Waals surface area contributed by atoms with Gasteiger partial charge in [-0.15, -0.1) is 34.4 Å². The van der Waals surface area contributed by atoms with Crippen LogP contribution in [0.1, 0.15) is 69.2 Å². The van der Waals surface area contributed by atoms with Gasteiger partial charge in [0.15, 0.2) is 5.54 Å². The van der Waals surface area contributed by atoms with Crippen molar-refractivity contribution >= 4 is 83.7 Å². The lowest BCUT2D eigenvalue weighted by molar-refractivity contribution is -0.136. The number of imide groups is 1. The minimum Gasteiger partial charge on any atom is -0.744 e. The van der Waals surface area contributed by atoms with E-state index in [0.29, 0.717) is 64.0 Å². The van der Waals surface area contributed by atoms with Gasteiger partial charge in [0.25, 0.3) is 11.8 Å². The number of ether oxygens (including phenoxy) is 1. The number of hydrogen-bond donors (Lipinski definition) is 2. The Morgan fingerprint density at radius 1 is 0.925 bits per heavy atom. The molecule has 0 fully saturated rings. The number of carbonyl (C=O) groups is 3. The van der Waals surface area contributed by atoms with Crippen molar-refractivity contribution in [3.8, 4) is 32.4 Å². The zero-order chi connectivity index (χ0) is 48.3. The van der Waals surface area contributed by atoms with Crippen molar-refractivity contribution in [1.82, 2.24) is 14.8 Å². The van der Waals surface area contributed by atoms with E-state index in [1.807, 2.05) is 36.9 Å². The highest BCUT2D eigenvalue weighted by Crippen LogP contribution is 2.54. The molecule has 4 aliphatic heterocycles. The molecule has 14 nitrogen and oxygen atoms in total. The van der Waals surface area contributed by atoms with E-state index in [1.54, 1.807) is 31.3 Å². The predicted octanol–water partition coefficient (Wildman–Crippen LogP) is 6.28. The summed E-state index contributed by atoms with van der Waals surface area (Å²) in [5.41, 5.74) is 1.06. The number of benzene rings is 3. The van der Waals surface area contributed by atoms with E-state index >= 15 is 8.78 Å². The molecule has 6 heterocycles. The second-order valence-electron chi connectivity index (χ2n) is 17.6. The van der Waals surface area contributed by atoms with E-state index in [-0.39, 0.29) is 57.0 Å². The largest absolute Gasteiger partial charge is 0.744 e. The van der Waals surface area contributed by atoms with Crippen molar-refractivity contribution < 1.29 is 53.8 Å². The van der Waals surface area contributed by atoms with Gasteiger partial charge >= 0.3 is 10.1 Å². The maximum Gasteiger partial charge on any atom is 0.304 e. The molecule has 0 saturated heterocycles. The zero-order valence-corrected chi connectivity index (χ0v) is 40.9. The van der Waals surface area contributed by atoms with Crippen molar-refractivity contribution in [1.29, 1.82) is 0 Å². The first-order valence-electron chi connectivity index (χ1n) is 20.9. The summed E-state index contributed by atoms with van der Waals surface area (Å²) < 4.78 is 117. The Morgan fingerprint density at radius 3 is 2.33 bits per heavy atom. The first kappa shape index (κ1) is 46.8. The molecule has 3 aromatic carbocycles. The third kappa shape index (κ3) is 7.81. The van der Waals surface area contributed by atoms with Gasteiger partial charge in [-0.2, -0.15) is 8.42 Å². The summed E-state index contributed by atoms with van der Waals surface area (Å²) in [5.74, 6) is -4.32. The summed E-state index contributed by atoms with van der Waals surface area (Å²) in [5, 5.41) is 5.24. The molecule has 9 rings (SSSR count). The summed E-state index contributed by atoms with van der Waals surface area (Å²) in [6, 6.07) is 10.6. The van der Waals surface area contributed by atoms with E-state index in [9.17, 15) is 40.3 Å². The highest BCUT2D eigenvalue weighted by molar-refractivity contribution is 8.00. The lowest BCUT2D eigenvalue weighted by Gasteiger charge is -2.43. The van der Waals surface area contributed by atoms with Crippen LogP contribution in [0.25, 0.3) is 26.5 Å². The van der Waals surface area contributed by atoms with Crippen LogP contribution in [0.2, 0.25) is 0 Å². The molecule has 0 spiro atoms. The van der Waals surface area contributed by atoms with Crippen LogP contribution in [0, 0.1) is 11.6 Å². The number of thiophene rings is 2. The molecular formula is C46H42F2N4O10S5. The molecule has 4 aliphatic rings. The molecule has 2 N–H and O–H groups in total. The van der Waals surface area contributed by atoms with Crippen LogP contribution in [0.4, 0.5) is 14.5 Å². The average molecular weight is 1010 g/mol. The van der Waals surface area contributed by atoms with E-state index in [0.717, 1.165) is 32.4 Å². The van der Waals surface area contributed by atoms with E-state index < -0.39 is 70.0 Å². The summed E-state index contributed by atoms with van der Waals surface area (Å²) in [7, 11) is -6.75. The SMILES string of the molecule is CN1c2cc3c(cc2-c2sccc2C1(C)C)C(c1c(F)c(SCC(=O)NCCCCCN2C(=O)C=CC2=O)cc(F)c1S(=O)(=O)[O-])=c1cc2c(cc1O3)=[N+](C)C(C)(C)c1cc(S(=O)(=O)O)sc1-2.